The van der Waals surface area contributed by atoms with E-state index in [2.05, 4.69) is 25.8 Å². The number of carbonyl (C=O) groups excluding carboxylic acids is 1. The summed E-state index contributed by atoms with van der Waals surface area (Å²) in [6.07, 6.45) is 2.57. The fourth-order valence-corrected chi connectivity index (χ4v) is 3.28. The first-order chi connectivity index (χ1) is 14.5. The predicted molar refractivity (Wildman–Crippen MR) is 111 cm³/mol. The zero-order valence-corrected chi connectivity index (χ0v) is 16.4. The molecule has 2 aromatic heterocycles. The number of halogens is 2. The van der Waals surface area contributed by atoms with Crippen LogP contribution < -0.4 is 10.9 Å². The van der Waals surface area contributed by atoms with E-state index in [-0.39, 0.29) is 22.2 Å². The SMILES string of the molecule is O=C(NNc1ncnc(-n2cnc3ccccc32)c1[N+](=O)[O-])c1ccc(Cl)cc1Cl. The molecular weight excluding hydrogens is 433 g/mol. The number of fused-ring (bicyclic) bond motifs is 1. The van der Waals surface area contributed by atoms with Gasteiger partial charge in [0.15, 0.2) is 0 Å². The van der Waals surface area contributed by atoms with Gasteiger partial charge in [-0.05, 0) is 30.3 Å². The highest BCUT2D eigenvalue weighted by Gasteiger charge is 2.26. The third kappa shape index (κ3) is 3.61. The first kappa shape index (κ1) is 19.6. The molecule has 2 heterocycles. The number of para-hydroxylation sites is 2. The van der Waals surface area contributed by atoms with Gasteiger partial charge in [0.05, 0.1) is 26.5 Å². The van der Waals surface area contributed by atoms with Crippen LogP contribution in [0.25, 0.3) is 16.9 Å². The second-order valence-electron chi connectivity index (χ2n) is 5.96. The van der Waals surface area contributed by atoms with Gasteiger partial charge in [0, 0.05) is 5.02 Å². The Kier molecular flexibility index (Phi) is 5.17. The number of hydrogen-bond donors (Lipinski definition) is 2. The molecule has 0 bridgehead atoms. The minimum absolute atomic E-state index is 0.00928. The third-order valence-corrected chi connectivity index (χ3v) is 4.69. The van der Waals surface area contributed by atoms with Crippen molar-refractivity contribution in [3.8, 4) is 5.82 Å². The van der Waals surface area contributed by atoms with Crippen molar-refractivity contribution >= 4 is 51.6 Å². The Bertz CT molecular complexity index is 1290. The van der Waals surface area contributed by atoms with Crippen LogP contribution in [0.3, 0.4) is 0 Å². The van der Waals surface area contributed by atoms with Crippen molar-refractivity contribution in [2.75, 3.05) is 5.43 Å². The number of nitro groups is 1. The quantitative estimate of drug-likeness (QED) is 0.354. The van der Waals surface area contributed by atoms with Crippen LogP contribution in [0, 0.1) is 10.1 Å². The normalized spacial score (nSPS) is 10.7. The van der Waals surface area contributed by atoms with E-state index in [9.17, 15) is 14.9 Å². The van der Waals surface area contributed by atoms with E-state index in [1.807, 2.05) is 0 Å². The molecule has 0 saturated carbocycles. The molecule has 30 heavy (non-hydrogen) atoms. The smallest absolute Gasteiger partial charge is 0.277 e. The summed E-state index contributed by atoms with van der Waals surface area (Å²) in [5, 5.41) is 12.3. The molecule has 10 nitrogen and oxygen atoms in total. The van der Waals surface area contributed by atoms with Crippen molar-refractivity contribution in [2.24, 2.45) is 0 Å². The Morgan fingerprint density at radius 1 is 1.10 bits per heavy atom. The molecule has 4 aromatic rings. The fourth-order valence-electron chi connectivity index (χ4n) is 2.79. The number of rotatable bonds is 5. The molecule has 12 heteroatoms. The van der Waals surface area contributed by atoms with E-state index in [1.165, 1.54) is 29.1 Å². The first-order valence-corrected chi connectivity index (χ1v) is 9.14. The van der Waals surface area contributed by atoms with Crippen molar-refractivity contribution in [3.05, 3.63) is 80.8 Å². The molecular formula is C18H11Cl2N7O3. The minimum Gasteiger partial charge on any atom is -0.277 e. The highest BCUT2D eigenvalue weighted by atomic mass is 35.5. The number of anilines is 1. The highest BCUT2D eigenvalue weighted by molar-refractivity contribution is 6.36. The molecule has 2 aromatic carbocycles. The van der Waals surface area contributed by atoms with Crippen LogP contribution >= 0.6 is 23.2 Å². The summed E-state index contributed by atoms with van der Waals surface area (Å²) in [7, 11) is 0. The van der Waals surface area contributed by atoms with Gasteiger partial charge in [0.25, 0.3) is 5.91 Å². The lowest BCUT2D eigenvalue weighted by Gasteiger charge is -2.11. The van der Waals surface area contributed by atoms with Gasteiger partial charge in [-0.25, -0.2) is 15.0 Å². The summed E-state index contributed by atoms with van der Waals surface area (Å²) in [5.41, 5.74) is 5.77. The molecule has 0 atom stereocenters. The lowest BCUT2D eigenvalue weighted by Crippen LogP contribution is -2.30. The molecule has 0 spiro atoms. The van der Waals surface area contributed by atoms with Crippen molar-refractivity contribution in [3.63, 3.8) is 0 Å². The number of nitrogens with zero attached hydrogens (tertiary/aromatic N) is 5. The van der Waals surface area contributed by atoms with Crippen LogP contribution in [0.2, 0.25) is 10.0 Å². The Morgan fingerprint density at radius 3 is 2.67 bits per heavy atom. The molecule has 0 aliphatic carbocycles. The van der Waals surface area contributed by atoms with Crippen molar-refractivity contribution < 1.29 is 9.72 Å². The van der Waals surface area contributed by atoms with E-state index in [4.69, 9.17) is 23.2 Å². The molecule has 4 rings (SSSR count). The summed E-state index contributed by atoms with van der Waals surface area (Å²) in [6, 6.07) is 11.4. The van der Waals surface area contributed by atoms with Crippen LogP contribution in [-0.2, 0) is 0 Å². The number of imidazole rings is 1. The number of amides is 1. The zero-order valence-electron chi connectivity index (χ0n) is 14.9. The number of aromatic nitrogens is 4. The second-order valence-corrected chi connectivity index (χ2v) is 6.80. The maximum Gasteiger partial charge on any atom is 0.355 e. The fraction of sp³-hybridized carbons (Fsp3) is 0. The standard InChI is InChI=1S/C18H11Cl2N7O3/c19-10-5-6-11(12(20)7-10)18(28)25-24-16-15(27(29)30)17(22-8-21-16)26-9-23-13-3-1-2-4-14(13)26/h1-9H,(H,25,28)(H,21,22,24). The summed E-state index contributed by atoms with van der Waals surface area (Å²) in [5.74, 6) is -0.842. The number of nitrogens with one attached hydrogen (secondary N) is 2. The van der Waals surface area contributed by atoms with E-state index in [0.717, 1.165) is 6.33 Å². The zero-order chi connectivity index (χ0) is 21.3. The van der Waals surface area contributed by atoms with Crippen LogP contribution in [-0.4, -0.2) is 30.3 Å². The van der Waals surface area contributed by atoms with Crippen LogP contribution in [0.1, 0.15) is 10.4 Å². The largest absolute Gasteiger partial charge is 0.355 e. The van der Waals surface area contributed by atoms with Gasteiger partial charge in [-0.1, -0.05) is 35.3 Å². The third-order valence-electron chi connectivity index (χ3n) is 4.14. The molecule has 150 valence electrons. The lowest BCUT2D eigenvalue weighted by molar-refractivity contribution is -0.384. The van der Waals surface area contributed by atoms with Gasteiger partial charge >= 0.3 is 5.69 Å². The monoisotopic (exact) mass is 443 g/mol. The molecule has 1 amide bonds. The van der Waals surface area contributed by atoms with Gasteiger partial charge in [-0.15, -0.1) is 0 Å². The van der Waals surface area contributed by atoms with Crippen molar-refractivity contribution in [2.45, 2.75) is 0 Å². The average molecular weight is 444 g/mol. The van der Waals surface area contributed by atoms with E-state index in [1.54, 1.807) is 24.3 Å². The summed E-state index contributed by atoms with van der Waals surface area (Å²) >= 11 is 11.8. The van der Waals surface area contributed by atoms with Crippen molar-refractivity contribution in [1.82, 2.24) is 24.9 Å². The minimum atomic E-state index is -0.645. The van der Waals surface area contributed by atoms with E-state index < -0.39 is 16.5 Å². The number of carbonyl (C=O) groups is 1. The highest BCUT2D eigenvalue weighted by Crippen LogP contribution is 2.29. The summed E-state index contributed by atoms with van der Waals surface area (Å²) < 4.78 is 1.47. The maximum absolute atomic E-state index is 12.4. The number of hydrazine groups is 1. The van der Waals surface area contributed by atoms with Gasteiger partial charge in [-0.3, -0.25) is 30.3 Å². The first-order valence-electron chi connectivity index (χ1n) is 8.39. The molecule has 0 aliphatic heterocycles. The van der Waals surface area contributed by atoms with Crippen LogP contribution in [0.4, 0.5) is 11.5 Å². The molecule has 0 fully saturated rings. The van der Waals surface area contributed by atoms with Gasteiger partial charge in [0.2, 0.25) is 11.6 Å². The summed E-state index contributed by atoms with van der Waals surface area (Å²) in [4.78, 5) is 35.7. The Labute approximate surface area is 178 Å². The Balaban J connectivity index is 1.68. The van der Waals surface area contributed by atoms with Gasteiger partial charge < -0.3 is 0 Å². The number of hydrogen-bond acceptors (Lipinski definition) is 7. The Hall–Kier alpha value is -3.76. The maximum atomic E-state index is 12.4. The summed E-state index contributed by atoms with van der Waals surface area (Å²) in [6.45, 7) is 0. The predicted octanol–water partition coefficient (Wildman–Crippen LogP) is 3.79. The van der Waals surface area contributed by atoms with E-state index in [0.29, 0.717) is 16.1 Å². The molecule has 0 saturated heterocycles. The molecule has 0 radical (unpaired) electrons. The molecule has 0 aliphatic rings. The van der Waals surface area contributed by atoms with Crippen molar-refractivity contribution in [1.29, 1.82) is 0 Å². The van der Waals surface area contributed by atoms with Crippen LogP contribution in [0.5, 0.6) is 0 Å². The van der Waals surface area contributed by atoms with Crippen LogP contribution in [0.15, 0.2) is 55.1 Å². The topological polar surface area (TPSA) is 128 Å². The number of benzene rings is 2. The van der Waals surface area contributed by atoms with E-state index >= 15 is 0 Å². The molecule has 0 unspecified atom stereocenters. The van der Waals surface area contributed by atoms with Gasteiger partial charge in [-0.2, -0.15) is 0 Å². The average Bonchev–Trinajstić information content (AvgIpc) is 3.15. The van der Waals surface area contributed by atoms with Gasteiger partial charge in [0.1, 0.15) is 12.7 Å². The lowest BCUT2D eigenvalue weighted by atomic mass is 10.2. The molecule has 2 N–H and O–H groups in total. The second kappa shape index (κ2) is 7.93. The Morgan fingerprint density at radius 2 is 1.90 bits per heavy atom.